The molecule has 1 heterocycles. The molecule has 0 saturated heterocycles. The van der Waals surface area contributed by atoms with Crippen molar-refractivity contribution in [2.24, 2.45) is 0 Å². The molecule has 0 radical (unpaired) electrons. The van der Waals surface area contributed by atoms with Gasteiger partial charge >= 0.3 is 0 Å². The minimum absolute atomic E-state index is 0.438. The lowest BCUT2D eigenvalue weighted by Gasteiger charge is -2.18. The number of hydrogen-bond donors (Lipinski definition) is 0. The first-order valence-electron chi connectivity index (χ1n) is 8.19. The molecule has 0 amide bonds. The zero-order valence-electron chi connectivity index (χ0n) is 14.2. The number of aromatic nitrogens is 3. The van der Waals surface area contributed by atoms with Crippen LogP contribution in [0.25, 0.3) is 16.9 Å². The summed E-state index contributed by atoms with van der Waals surface area (Å²) >= 11 is 0. The number of hydrogen-bond acceptors (Lipinski definition) is 2. The third-order valence-electron chi connectivity index (χ3n) is 4.13. The van der Waals surface area contributed by atoms with Gasteiger partial charge in [0, 0.05) is 5.56 Å². The molecule has 3 aromatic rings. The highest BCUT2D eigenvalue weighted by Crippen LogP contribution is 2.31. The summed E-state index contributed by atoms with van der Waals surface area (Å²) < 4.78 is 1.94. The maximum atomic E-state index is 4.42. The van der Waals surface area contributed by atoms with E-state index in [4.69, 9.17) is 0 Å². The van der Waals surface area contributed by atoms with Crippen LogP contribution in [-0.2, 0) is 0 Å². The van der Waals surface area contributed by atoms with E-state index in [2.05, 4.69) is 68.3 Å². The van der Waals surface area contributed by atoms with Gasteiger partial charge in [-0.1, -0.05) is 81.4 Å². The SMILES string of the molecule is CC(C)c1cccc(C(C)C)c1-n1cc(-c2ccccc2)nn1. The van der Waals surface area contributed by atoms with Gasteiger partial charge in [0.15, 0.2) is 0 Å². The van der Waals surface area contributed by atoms with Gasteiger partial charge in [0.05, 0.1) is 11.9 Å². The average Bonchev–Trinajstić information content (AvgIpc) is 3.04. The van der Waals surface area contributed by atoms with E-state index in [0.29, 0.717) is 11.8 Å². The predicted octanol–water partition coefficient (Wildman–Crippen LogP) is 5.18. The van der Waals surface area contributed by atoms with Crippen molar-refractivity contribution in [2.75, 3.05) is 0 Å². The fraction of sp³-hybridized carbons (Fsp3) is 0.300. The van der Waals surface area contributed by atoms with E-state index >= 15 is 0 Å². The minimum atomic E-state index is 0.438. The Bertz CT molecular complexity index is 759. The molecule has 0 saturated carbocycles. The van der Waals surface area contributed by atoms with Crippen molar-refractivity contribution in [3.8, 4) is 16.9 Å². The molecule has 0 bridgehead atoms. The van der Waals surface area contributed by atoms with E-state index in [9.17, 15) is 0 Å². The molecule has 0 N–H and O–H groups in total. The van der Waals surface area contributed by atoms with Gasteiger partial charge in [-0.2, -0.15) is 0 Å². The van der Waals surface area contributed by atoms with Gasteiger partial charge in [0.2, 0.25) is 0 Å². The Balaban J connectivity index is 2.14. The highest BCUT2D eigenvalue weighted by atomic mass is 15.4. The Morgan fingerprint density at radius 2 is 1.39 bits per heavy atom. The maximum Gasteiger partial charge on any atom is 0.113 e. The molecule has 2 aromatic carbocycles. The summed E-state index contributed by atoms with van der Waals surface area (Å²) in [6.07, 6.45) is 2.03. The molecule has 23 heavy (non-hydrogen) atoms. The summed E-state index contributed by atoms with van der Waals surface area (Å²) in [7, 11) is 0. The Labute approximate surface area is 138 Å². The van der Waals surface area contributed by atoms with E-state index in [1.807, 2.05) is 29.1 Å². The monoisotopic (exact) mass is 305 g/mol. The van der Waals surface area contributed by atoms with Gasteiger partial charge in [-0.05, 0) is 23.0 Å². The Morgan fingerprint density at radius 1 is 0.783 bits per heavy atom. The molecule has 118 valence electrons. The van der Waals surface area contributed by atoms with Crippen LogP contribution in [-0.4, -0.2) is 15.0 Å². The van der Waals surface area contributed by atoms with Crippen molar-refractivity contribution < 1.29 is 0 Å². The van der Waals surface area contributed by atoms with E-state index < -0.39 is 0 Å². The van der Waals surface area contributed by atoms with Crippen LogP contribution < -0.4 is 0 Å². The fourth-order valence-corrected chi connectivity index (χ4v) is 2.89. The van der Waals surface area contributed by atoms with Crippen molar-refractivity contribution in [1.82, 2.24) is 15.0 Å². The average molecular weight is 305 g/mol. The van der Waals surface area contributed by atoms with Crippen LogP contribution in [0.4, 0.5) is 0 Å². The molecule has 0 unspecified atom stereocenters. The summed E-state index contributed by atoms with van der Waals surface area (Å²) in [4.78, 5) is 0. The number of para-hydroxylation sites is 1. The summed E-state index contributed by atoms with van der Waals surface area (Å²) in [5.74, 6) is 0.876. The van der Waals surface area contributed by atoms with Gasteiger partial charge < -0.3 is 0 Å². The lowest BCUT2D eigenvalue weighted by molar-refractivity contribution is 0.742. The lowest BCUT2D eigenvalue weighted by Crippen LogP contribution is -2.07. The van der Waals surface area contributed by atoms with Crippen LogP contribution in [0, 0.1) is 0 Å². The Hall–Kier alpha value is -2.42. The van der Waals surface area contributed by atoms with Crippen LogP contribution in [0.2, 0.25) is 0 Å². The second-order valence-corrected chi connectivity index (χ2v) is 6.51. The quantitative estimate of drug-likeness (QED) is 0.665. The standard InChI is InChI=1S/C20H23N3/c1-14(2)17-11-8-12-18(15(3)4)20(17)23-13-19(21-22-23)16-9-6-5-7-10-16/h5-15H,1-4H3. The zero-order valence-corrected chi connectivity index (χ0v) is 14.2. The smallest absolute Gasteiger partial charge is 0.113 e. The topological polar surface area (TPSA) is 30.7 Å². The van der Waals surface area contributed by atoms with E-state index in [1.54, 1.807) is 0 Å². The molecule has 1 aromatic heterocycles. The second kappa shape index (κ2) is 6.37. The lowest BCUT2D eigenvalue weighted by atomic mass is 9.93. The van der Waals surface area contributed by atoms with Crippen LogP contribution in [0.1, 0.15) is 50.7 Å². The second-order valence-electron chi connectivity index (χ2n) is 6.51. The van der Waals surface area contributed by atoms with Crippen molar-refractivity contribution in [3.63, 3.8) is 0 Å². The Kier molecular flexibility index (Phi) is 4.28. The number of rotatable bonds is 4. The van der Waals surface area contributed by atoms with Crippen LogP contribution >= 0.6 is 0 Å². The molecule has 0 spiro atoms. The highest BCUT2D eigenvalue weighted by molar-refractivity contribution is 5.59. The molecule has 0 aliphatic heterocycles. The molecule has 0 atom stereocenters. The molecular weight excluding hydrogens is 282 g/mol. The van der Waals surface area contributed by atoms with Crippen molar-refractivity contribution >= 4 is 0 Å². The first kappa shape index (κ1) is 15.5. The van der Waals surface area contributed by atoms with Crippen LogP contribution in [0.5, 0.6) is 0 Å². The summed E-state index contributed by atoms with van der Waals surface area (Å²) in [5.41, 5.74) is 5.78. The molecular formula is C20H23N3. The molecule has 3 nitrogen and oxygen atoms in total. The molecule has 0 fully saturated rings. The largest absolute Gasteiger partial charge is 0.220 e. The van der Waals surface area contributed by atoms with Gasteiger partial charge in [-0.3, -0.25) is 0 Å². The van der Waals surface area contributed by atoms with Gasteiger partial charge in [0.25, 0.3) is 0 Å². The van der Waals surface area contributed by atoms with Crippen molar-refractivity contribution in [2.45, 2.75) is 39.5 Å². The van der Waals surface area contributed by atoms with Crippen LogP contribution in [0.3, 0.4) is 0 Å². The maximum absolute atomic E-state index is 4.42. The zero-order chi connectivity index (χ0) is 16.4. The van der Waals surface area contributed by atoms with Gasteiger partial charge in [-0.25, -0.2) is 4.68 Å². The van der Waals surface area contributed by atoms with Crippen LogP contribution in [0.15, 0.2) is 54.7 Å². The first-order valence-corrected chi connectivity index (χ1v) is 8.19. The highest BCUT2D eigenvalue weighted by Gasteiger charge is 2.17. The van der Waals surface area contributed by atoms with E-state index in [-0.39, 0.29) is 0 Å². The van der Waals surface area contributed by atoms with Gasteiger partial charge in [0.1, 0.15) is 5.69 Å². The summed E-state index contributed by atoms with van der Waals surface area (Å²) in [6, 6.07) is 16.7. The minimum Gasteiger partial charge on any atom is -0.220 e. The molecule has 0 aliphatic rings. The van der Waals surface area contributed by atoms with E-state index in [0.717, 1.165) is 11.3 Å². The normalized spacial score (nSPS) is 11.4. The number of benzene rings is 2. The first-order chi connectivity index (χ1) is 11.1. The summed E-state index contributed by atoms with van der Waals surface area (Å²) in [5, 5.41) is 8.79. The Morgan fingerprint density at radius 3 is 1.96 bits per heavy atom. The third kappa shape index (κ3) is 3.04. The predicted molar refractivity (Wildman–Crippen MR) is 95.0 cm³/mol. The summed E-state index contributed by atoms with van der Waals surface area (Å²) in [6.45, 7) is 8.88. The molecule has 0 aliphatic carbocycles. The van der Waals surface area contributed by atoms with Crippen molar-refractivity contribution in [3.05, 3.63) is 65.9 Å². The fourth-order valence-electron chi connectivity index (χ4n) is 2.89. The number of nitrogens with zero attached hydrogens (tertiary/aromatic N) is 3. The molecule has 3 rings (SSSR count). The van der Waals surface area contributed by atoms with E-state index in [1.165, 1.54) is 16.8 Å². The molecule has 3 heteroatoms. The van der Waals surface area contributed by atoms with Crippen molar-refractivity contribution in [1.29, 1.82) is 0 Å². The third-order valence-corrected chi connectivity index (χ3v) is 4.13. The van der Waals surface area contributed by atoms with Gasteiger partial charge in [-0.15, -0.1) is 5.10 Å².